The van der Waals surface area contributed by atoms with Crippen LogP contribution in [0.3, 0.4) is 0 Å². The van der Waals surface area contributed by atoms with Gasteiger partial charge in [-0.15, -0.1) is 0 Å². The fourth-order valence-electron chi connectivity index (χ4n) is 4.05. The summed E-state index contributed by atoms with van der Waals surface area (Å²) in [5.41, 5.74) is 5.32. The Morgan fingerprint density at radius 1 is 1.20 bits per heavy atom. The van der Waals surface area contributed by atoms with E-state index in [0.717, 1.165) is 51.3 Å². The van der Waals surface area contributed by atoms with Crippen molar-refractivity contribution in [1.82, 2.24) is 20.2 Å². The average molecular weight is 403 g/mol. The Balaban J connectivity index is 1.81. The second-order valence-electron chi connectivity index (χ2n) is 7.64. The van der Waals surface area contributed by atoms with Crippen molar-refractivity contribution in [3.05, 3.63) is 60.2 Å². The molecule has 0 amide bonds. The smallest absolute Gasteiger partial charge is 0.130 e. The molecule has 1 aromatic carbocycles. The quantitative estimate of drug-likeness (QED) is 0.551. The lowest BCUT2D eigenvalue weighted by Gasteiger charge is -2.34. The molecular weight excluding hydrogens is 381 g/mol. The minimum atomic E-state index is -0.254. The Kier molecular flexibility index (Phi) is 4.67. The molecule has 30 heavy (non-hydrogen) atoms. The number of H-pyrrole nitrogens is 1. The summed E-state index contributed by atoms with van der Waals surface area (Å²) in [6.45, 7) is 6.24. The number of aromatic nitrogens is 4. The molecule has 1 aliphatic rings. The van der Waals surface area contributed by atoms with Crippen LogP contribution in [-0.4, -0.2) is 46.0 Å². The van der Waals surface area contributed by atoms with E-state index in [1.165, 1.54) is 12.1 Å². The monoisotopic (exact) mass is 403 g/mol. The highest BCUT2D eigenvalue weighted by Gasteiger charge is 2.23. The molecule has 0 radical (unpaired) electrons. The zero-order chi connectivity index (χ0) is 20.7. The molecule has 7 heteroatoms. The molecule has 0 bridgehead atoms. The number of pyridine rings is 2. The van der Waals surface area contributed by atoms with E-state index < -0.39 is 0 Å². The highest BCUT2D eigenvalue weighted by molar-refractivity contribution is 6.03. The van der Waals surface area contributed by atoms with Crippen LogP contribution in [0, 0.1) is 12.7 Å². The van der Waals surface area contributed by atoms with Gasteiger partial charge in [-0.25, -0.2) is 9.37 Å². The Bertz CT molecular complexity index is 1190. The normalized spacial score (nSPS) is 16.9. The molecule has 3 aromatic heterocycles. The minimum Gasteiger partial charge on any atom is -0.377 e. The molecule has 1 atom stereocenters. The SMILES string of the molecule is Cc1cnc(-c2ccn[nH]2)c2nc(N3CCOC[C@H]3C)cc(-c3ccc(F)cc3)c12. The first-order chi connectivity index (χ1) is 14.6. The van der Waals surface area contributed by atoms with E-state index in [-0.39, 0.29) is 11.9 Å². The summed E-state index contributed by atoms with van der Waals surface area (Å²) < 4.78 is 19.2. The number of morpholine rings is 1. The number of aryl methyl sites for hydroxylation is 1. The van der Waals surface area contributed by atoms with Crippen LogP contribution in [0.15, 0.2) is 48.8 Å². The van der Waals surface area contributed by atoms with Crippen LogP contribution in [0.1, 0.15) is 12.5 Å². The lowest BCUT2D eigenvalue weighted by molar-refractivity contribution is 0.0986. The van der Waals surface area contributed by atoms with Gasteiger partial charge in [0.2, 0.25) is 0 Å². The molecular formula is C23H22FN5O. The van der Waals surface area contributed by atoms with E-state index in [1.54, 1.807) is 6.20 Å². The van der Waals surface area contributed by atoms with Crippen LogP contribution in [0.4, 0.5) is 10.2 Å². The number of hydrogen-bond donors (Lipinski definition) is 1. The predicted octanol–water partition coefficient (Wildman–Crippen LogP) is 4.36. The number of halogens is 1. The third-order valence-electron chi connectivity index (χ3n) is 5.58. The molecule has 6 nitrogen and oxygen atoms in total. The van der Waals surface area contributed by atoms with Crippen LogP contribution in [0.5, 0.6) is 0 Å². The maximum atomic E-state index is 13.6. The molecule has 0 spiro atoms. The molecule has 152 valence electrons. The van der Waals surface area contributed by atoms with Gasteiger partial charge in [0, 0.05) is 24.3 Å². The van der Waals surface area contributed by atoms with E-state index in [9.17, 15) is 4.39 Å². The number of ether oxygens (including phenoxy) is 1. The Morgan fingerprint density at radius 3 is 2.77 bits per heavy atom. The van der Waals surface area contributed by atoms with Gasteiger partial charge in [-0.1, -0.05) is 12.1 Å². The zero-order valence-electron chi connectivity index (χ0n) is 16.9. The van der Waals surface area contributed by atoms with Gasteiger partial charge in [-0.05, 0) is 54.8 Å². The van der Waals surface area contributed by atoms with E-state index in [1.807, 2.05) is 31.3 Å². The first-order valence-corrected chi connectivity index (χ1v) is 10.0. The number of nitrogens with one attached hydrogen (secondary N) is 1. The summed E-state index contributed by atoms with van der Waals surface area (Å²) in [5.74, 6) is 0.612. The number of nitrogens with zero attached hydrogens (tertiary/aromatic N) is 4. The van der Waals surface area contributed by atoms with Gasteiger partial charge >= 0.3 is 0 Å². The number of fused-ring (bicyclic) bond motifs is 1. The molecule has 1 N–H and O–H groups in total. The molecule has 0 saturated carbocycles. The second kappa shape index (κ2) is 7.50. The minimum absolute atomic E-state index is 0.207. The molecule has 0 aliphatic carbocycles. The number of hydrogen-bond acceptors (Lipinski definition) is 5. The molecule has 1 aliphatic heterocycles. The van der Waals surface area contributed by atoms with E-state index in [0.29, 0.717) is 13.2 Å². The number of benzene rings is 1. The van der Waals surface area contributed by atoms with Crippen molar-refractivity contribution in [2.45, 2.75) is 19.9 Å². The number of aromatic amines is 1. The van der Waals surface area contributed by atoms with Gasteiger partial charge in [0.15, 0.2) is 0 Å². The largest absolute Gasteiger partial charge is 0.377 e. The fraction of sp³-hybridized carbons (Fsp3) is 0.261. The lowest BCUT2D eigenvalue weighted by Crippen LogP contribution is -2.44. The highest BCUT2D eigenvalue weighted by atomic mass is 19.1. The molecule has 1 fully saturated rings. The topological polar surface area (TPSA) is 66.9 Å². The van der Waals surface area contributed by atoms with Crippen molar-refractivity contribution in [3.63, 3.8) is 0 Å². The molecule has 4 heterocycles. The van der Waals surface area contributed by atoms with Crippen molar-refractivity contribution in [1.29, 1.82) is 0 Å². The predicted molar refractivity (Wildman–Crippen MR) is 115 cm³/mol. The molecule has 4 aromatic rings. The maximum Gasteiger partial charge on any atom is 0.130 e. The third-order valence-corrected chi connectivity index (χ3v) is 5.58. The van der Waals surface area contributed by atoms with Crippen LogP contribution in [0.2, 0.25) is 0 Å². The van der Waals surface area contributed by atoms with Gasteiger partial charge in [0.25, 0.3) is 0 Å². The highest BCUT2D eigenvalue weighted by Crippen LogP contribution is 2.37. The van der Waals surface area contributed by atoms with E-state index >= 15 is 0 Å². The Labute approximate surface area is 173 Å². The second-order valence-corrected chi connectivity index (χ2v) is 7.64. The van der Waals surface area contributed by atoms with Gasteiger partial charge in [-0.3, -0.25) is 10.1 Å². The van der Waals surface area contributed by atoms with Crippen molar-refractivity contribution < 1.29 is 9.13 Å². The summed E-state index contributed by atoms with van der Waals surface area (Å²) in [4.78, 5) is 12.0. The van der Waals surface area contributed by atoms with E-state index in [4.69, 9.17) is 9.72 Å². The number of rotatable bonds is 3. The summed E-state index contributed by atoms with van der Waals surface area (Å²) in [6.07, 6.45) is 3.56. The van der Waals surface area contributed by atoms with Crippen molar-refractivity contribution in [3.8, 4) is 22.5 Å². The molecule has 1 saturated heterocycles. The fourth-order valence-corrected chi connectivity index (χ4v) is 4.05. The first-order valence-electron chi connectivity index (χ1n) is 10.0. The van der Waals surface area contributed by atoms with Gasteiger partial charge in [-0.2, -0.15) is 5.10 Å². The number of anilines is 1. The van der Waals surface area contributed by atoms with E-state index in [2.05, 4.69) is 33.1 Å². The van der Waals surface area contributed by atoms with Gasteiger partial charge < -0.3 is 9.64 Å². The maximum absolute atomic E-state index is 13.6. The Morgan fingerprint density at radius 2 is 2.03 bits per heavy atom. The van der Waals surface area contributed by atoms with Gasteiger partial charge in [0.1, 0.15) is 22.8 Å². The average Bonchev–Trinajstić information content (AvgIpc) is 3.29. The molecule has 5 rings (SSSR count). The molecule has 0 unspecified atom stereocenters. The van der Waals surface area contributed by atoms with Crippen molar-refractivity contribution >= 4 is 16.7 Å². The standard InChI is InChI=1S/C23H22FN5O/c1-14-12-25-22(19-7-8-26-28-19)23-21(14)18(16-3-5-17(24)6-4-16)11-20(27-23)29-9-10-30-13-15(29)2/h3-8,11-12,15H,9-10,13H2,1-2H3,(H,26,28)/t15-/m1/s1. The van der Waals surface area contributed by atoms with Crippen LogP contribution < -0.4 is 4.90 Å². The van der Waals surface area contributed by atoms with Crippen molar-refractivity contribution in [2.75, 3.05) is 24.7 Å². The first kappa shape index (κ1) is 18.7. The van der Waals surface area contributed by atoms with Gasteiger partial charge in [0.05, 0.1) is 24.9 Å². The Hall–Kier alpha value is -3.32. The zero-order valence-corrected chi connectivity index (χ0v) is 16.9. The van der Waals surface area contributed by atoms with Crippen LogP contribution in [0.25, 0.3) is 33.4 Å². The summed E-state index contributed by atoms with van der Waals surface area (Å²) in [5, 5.41) is 8.09. The van der Waals surface area contributed by atoms with Crippen LogP contribution in [-0.2, 0) is 4.74 Å². The van der Waals surface area contributed by atoms with Crippen molar-refractivity contribution in [2.24, 2.45) is 0 Å². The summed E-state index contributed by atoms with van der Waals surface area (Å²) >= 11 is 0. The third kappa shape index (κ3) is 3.21. The van der Waals surface area contributed by atoms with Crippen LogP contribution >= 0.6 is 0 Å². The summed E-state index contributed by atoms with van der Waals surface area (Å²) in [6, 6.07) is 10.8. The summed E-state index contributed by atoms with van der Waals surface area (Å²) in [7, 11) is 0. The lowest BCUT2D eigenvalue weighted by atomic mass is 9.97.